The summed E-state index contributed by atoms with van der Waals surface area (Å²) in [4.78, 5) is 13.6. The van der Waals surface area contributed by atoms with Crippen LogP contribution < -0.4 is 0 Å². The van der Waals surface area contributed by atoms with E-state index in [9.17, 15) is 4.79 Å². The highest BCUT2D eigenvalue weighted by atomic mass is 35.5. The van der Waals surface area contributed by atoms with Gasteiger partial charge in [0, 0.05) is 0 Å². The van der Waals surface area contributed by atoms with Crippen LogP contribution in [-0.2, 0) is 4.79 Å². The fraction of sp³-hybridized carbons (Fsp3) is 0. The van der Waals surface area contributed by atoms with Crippen molar-refractivity contribution in [2.75, 3.05) is 0 Å². The van der Waals surface area contributed by atoms with Gasteiger partial charge in [-0.05, 0) is 28.6 Å². The zero-order valence-corrected chi connectivity index (χ0v) is 8.09. The molecule has 0 radical (unpaired) electrons. The summed E-state index contributed by atoms with van der Waals surface area (Å²) in [6.07, 6.45) is 2.86. The van der Waals surface area contributed by atoms with Crippen molar-refractivity contribution < 1.29 is 4.79 Å². The Morgan fingerprint density at radius 3 is 3.00 bits per heavy atom. The SMILES string of the molecule is O=C=Nc1cc(-n2cnnn2)ccc1Cl. The molecular weight excluding hydrogens is 218 g/mol. The van der Waals surface area contributed by atoms with Crippen molar-refractivity contribution in [3.8, 4) is 5.69 Å². The van der Waals surface area contributed by atoms with Crippen LogP contribution in [0, 0.1) is 0 Å². The Kier molecular flexibility index (Phi) is 2.53. The number of rotatable bonds is 2. The molecule has 74 valence electrons. The lowest BCUT2D eigenvalue weighted by Gasteiger charge is -2.00. The Balaban J connectivity index is 2.52. The highest BCUT2D eigenvalue weighted by Crippen LogP contribution is 2.26. The standard InChI is InChI=1S/C8H4ClN5O/c9-7-2-1-6(3-8(7)10-5-15)14-4-11-12-13-14/h1-4H. The molecular formula is C8H4ClN5O. The smallest absolute Gasteiger partial charge is 0.211 e. The molecule has 1 heterocycles. The predicted octanol–water partition coefficient (Wildman–Crippen LogP) is 1.28. The maximum atomic E-state index is 10.1. The van der Waals surface area contributed by atoms with Gasteiger partial charge in [-0.1, -0.05) is 11.6 Å². The first-order valence-electron chi connectivity index (χ1n) is 3.92. The summed E-state index contributed by atoms with van der Waals surface area (Å²) in [6.45, 7) is 0. The van der Waals surface area contributed by atoms with Crippen molar-refractivity contribution in [3.05, 3.63) is 29.5 Å². The number of aliphatic imine (C=N–C) groups is 1. The molecule has 0 unspecified atom stereocenters. The Labute approximate surface area is 89.2 Å². The van der Waals surface area contributed by atoms with Gasteiger partial charge in [-0.2, -0.15) is 4.99 Å². The van der Waals surface area contributed by atoms with Gasteiger partial charge in [-0.3, -0.25) is 0 Å². The van der Waals surface area contributed by atoms with Crippen molar-refractivity contribution in [2.24, 2.45) is 4.99 Å². The van der Waals surface area contributed by atoms with Crippen LogP contribution in [0.15, 0.2) is 29.5 Å². The van der Waals surface area contributed by atoms with E-state index in [2.05, 4.69) is 20.5 Å². The summed E-state index contributed by atoms with van der Waals surface area (Å²) in [6, 6.07) is 4.90. The number of halogens is 1. The normalized spacial score (nSPS) is 9.67. The van der Waals surface area contributed by atoms with E-state index in [0.717, 1.165) is 0 Å². The Morgan fingerprint density at radius 2 is 2.33 bits per heavy atom. The van der Waals surface area contributed by atoms with E-state index in [1.165, 1.54) is 17.1 Å². The molecule has 7 heteroatoms. The third kappa shape index (κ3) is 1.90. The van der Waals surface area contributed by atoms with E-state index in [-0.39, 0.29) is 0 Å². The number of nitrogens with zero attached hydrogens (tertiary/aromatic N) is 5. The minimum absolute atomic E-state index is 0.333. The van der Waals surface area contributed by atoms with Gasteiger partial charge in [0.05, 0.1) is 16.4 Å². The third-order valence-corrected chi connectivity index (χ3v) is 2.03. The lowest BCUT2D eigenvalue weighted by atomic mass is 10.3. The molecule has 1 aromatic heterocycles. The molecule has 2 aromatic rings. The number of aromatic nitrogens is 4. The summed E-state index contributed by atoms with van der Waals surface area (Å²) in [7, 11) is 0. The fourth-order valence-electron chi connectivity index (χ4n) is 1.06. The van der Waals surface area contributed by atoms with E-state index in [1.54, 1.807) is 18.2 Å². The fourth-order valence-corrected chi connectivity index (χ4v) is 1.22. The van der Waals surface area contributed by atoms with Crippen LogP contribution in [0.5, 0.6) is 0 Å². The highest BCUT2D eigenvalue weighted by molar-refractivity contribution is 6.33. The van der Waals surface area contributed by atoms with Gasteiger partial charge in [-0.15, -0.1) is 5.10 Å². The summed E-state index contributed by atoms with van der Waals surface area (Å²) in [5.41, 5.74) is 0.998. The molecule has 0 aliphatic carbocycles. The molecule has 0 atom stereocenters. The molecule has 1 aromatic carbocycles. The number of carbonyl (C=O) groups excluding carboxylic acids is 1. The molecule has 0 spiro atoms. The lowest BCUT2D eigenvalue weighted by Crippen LogP contribution is -1.94. The molecule has 0 aliphatic heterocycles. The van der Waals surface area contributed by atoms with Gasteiger partial charge >= 0.3 is 0 Å². The second kappa shape index (κ2) is 4.00. The number of isocyanates is 1. The lowest BCUT2D eigenvalue weighted by molar-refractivity contribution is 0.565. The molecule has 0 amide bonds. The van der Waals surface area contributed by atoms with Gasteiger partial charge in [0.25, 0.3) is 0 Å². The maximum absolute atomic E-state index is 10.1. The van der Waals surface area contributed by atoms with E-state index < -0.39 is 0 Å². The van der Waals surface area contributed by atoms with E-state index >= 15 is 0 Å². The molecule has 0 aliphatic rings. The van der Waals surface area contributed by atoms with Crippen LogP contribution in [-0.4, -0.2) is 26.3 Å². The molecule has 0 saturated heterocycles. The number of tetrazole rings is 1. The molecule has 0 fully saturated rings. The topological polar surface area (TPSA) is 73.0 Å². The van der Waals surface area contributed by atoms with E-state index in [4.69, 9.17) is 11.6 Å². The second-order valence-corrected chi connectivity index (χ2v) is 3.00. The van der Waals surface area contributed by atoms with Crippen LogP contribution in [0.1, 0.15) is 0 Å². The molecule has 2 rings (SSSR count). The monoisotopic (exact) mass is 221 g/mol. The zero-order valence-electron chi connectivity index (χ0n) is 7.33. The predicted molar refractivity (Wildman–Crippen MR) is 51.9 cm³/mol. The average Bonchev–Trinajstić information content (AvgIpc) is 2.75. The van der Waals surface area contributed by atoms with Crippen molar-refractivity contribution >= 4 is 23.4 Å². The third-order valence-electron chi connectivity index (χ3n) is 1.71. The Morgan fingerprint density at radius 1 is 1.47 bits per heavy atom. The largest absolute Gasteiger partial charge is 0.240 e. The number of benzene rings is 1. The van der Waals surface area contributed by atoms with Crippen LogP contribution >= 0.6 is 11.6 Å². The quantitative estimate of drug-likeness (QED) is 0.566. The molecule has 15 heavy (non-hydrogen) atoms. The minimum atomic E-state index is 0.333. The van der Waals surface area contributed by atoms with Crippen LogP contribution in [0.2, 0.25) is 5.02 Å². The molecule has 0 N–H and O–H groups in total. The van der Waals surface area contributed by atoms with Crippen LogP contribution in [0.25, 0.3) is 5.69 Å². The van der Waals surface area contributed by atoms with Gasteiger partial charge in [-0.25, -0.2) is 9.48 Å². The minimum Gasteiger partial charge on any atom is -0.211 e. The Hall–Kier alpha value is -2.04. The molecule has 0 bridgehead atoms. The van der Waals surface area contributed by atoms with Crippen molar-refractivity contribution in [1.82, 2.24) is 20.2 Å². The van der Waals surface area contributed by atoms with Crippen molar-refractivity contribution in [2.45, 2.75) is 0 Å². The zero-order chi connectivity index (χ0) is 10.7. The van der Waals surface area contributed by atoms with E-state index in [1.807, 2.05) is 0 Å². The van der Waals surface area contributed by atoms with Crippen LogP contribution in [0.3, 0.4) is 0 Å². The van der Waals surface area contributed by atoms with Gasteiger partial charge < -0.3 is 0 Å². The summed E-state index contributed by atoms with van der Waals surface area (Å²) in [5.74, 6) is 0. The first kappa shape index (κ1) is 9.51. The second-order valence-electron chi connectivity index (χ2n) is 2.59. The summed E-state index contributed by atoms with van der Waals surface area (Å²) < 4.78 is 1.43. The maximum Gasteiger partial charge on any atom is 0.240 e. The van der Waals surface area contributed by atoms with Crippen LogP contribution in [0.4, 0.5) is 5.69 Å². The summed E-state index contributed by atoms with van der Waals surface area (Å²) >= 11 is 5.80. The highest BCUT2D eigenvalue weighted by Gasteiger charge is 2.03. The number of hydrogen-bond acceptors (Lipinski definition) is 5. The number of hydrogen-bond donors (Lipinski definition) is 0. The molecule has 0 saturated carbocycles. The molecule has 6 nitrogen and oxygen atoms in total. The van der Waals surface area contributed by atoms with Crippen molar-refractivity contribution in [3.63, 3.8) is 0 Å². The average molecular weight is 222 g/mol. The Bertz CT molecular complexity index is 518. The van der Waals surface area contributed by atoms with Gasteiger partial charge in [0.1, 0.15) is 6.33 Å². The van der Waals surface area contributed by atoms with Gasteiger partial charge in [0.15, 0.2) is 0 Å². The first-order chi connectivity index (χ1) is 7.31. The first-order valence-corrected chi connectivity index (χ1v) is 4.30. The summed E-state index contributed by atoms with van der Waals surface area (Å²) in [5, 5.41) is 11.0. The van der Waals surface area contributed by atoms with Crippen molar-refractivity contribution in [1.29, 1.82) is 0 Å². The van der Waals surface area contributed by atoms with E-state index in [0.29, 0.717) is 16.4 Å². The van der Waals surface area contributed by atoms with Gasteiger partial charge in [0.2, 0.25) is 6.08 Å².